The third-order valence-corrected chi connectivity index (χ3v) is 2.30. The molecule has 2 rings (SSSR count). The van der Waals surface area contributed by atoms with Gasteiger partial charge in [0.25, 0.3) is 0 Å². The van der Waals surface area contributed by atoms with Gasteiger partial charge in [-0.2, -0.15) is 0 Å². The average molecular weight is 175 g/mol. The number of pyridine rings is 1. The highest BCUT2D eigenvalue weighted by atomic mass is 15.0. The maximum absolute atomic E-state index is 4.47. The highest BCUT2D eigenvalue weighted by Crippen LogP contribution is 2.18. The summed E-state index contributed by atoms with van der Waals surface area (Å²) in [6, 6.07) is 2.09. The Morgan fingerprint density at radius 2 is 2.23 bits per heavy atom. The summed E-state index contributed by atoms with van der Waals surface area (Å²) >= 11 is 0. The van der Waals surface area contributed by atoms with Gasteiger partial charge in [0.2, 0.25) is 0 Å². The summed E-state index contributed by atoms with van der Waals surface area (Å²) in [5.74, 6) is 0.972. The Kier molecular flexibility index (Phi) is 1.79. The SMILES string of the molecule is CN=C1NCc2nc(C)cc(C)c21. The van der Waals surface area contributed by atoms with Crippen LogP contribution in [0, 0.1) is 13.8 Å². The maximum atomic E-state index is 4.47. The monoisotopic (exact) mass is 175 g/mol. The number of hydrogen-bond donors (Lipinski definition) is 1. The van der Waals surface area contributed by atoms with Crippen LogP contribution in [0.5, 0.6) is 0 Å². The number of aromatic nitrogens is 1. The van der Waals surface area contributed by atoms with Crippen LogP contribution in [0.2, 0.25) is 0 Å². The van der Waals surface area contributed by atoms with E-state index in [0.29, 0.717) is 0 Å². The molecule has 0 unspecified atom stereocenters. The van der Waals surface area contributed by atoms with Crippen LogP contribution in [-0.2, 0) is 6.54 Å². The van der Waals surface area contributed by atoms with Crippen LogP contribution in [-0.4, -0.2) is 17.9 Å². The highest BCUT2D eigenvalue weighted by Gasteiger charge is 2.19. The molecule has 0 bridgehead atoms. The molecule has 2 heterocycles. The quantitative estimate of drug-likeness (QED) is 0.643. The van der Waals surface area contributed by atoms with Crippen molar-refractivity contribution in [3.05, 3.63) is 28.6 Å². The van der Waals surface area contributed by atoms with Gasteiger partial charge in [-0.1, -0.05) is 0 Å². The molecule has 0 fully saturated rings. The first kappa shape index (κ1) is 8.23. The van der Waals surface area contributed by atoms with Gasteiger partial charge in [0.05, 0.1) is 12.2 Å². The van der Waals surface area contributed by atoms with E-state index in [1.807, 2.05) is 6.92 Å². The molecule has 1 aromatic heterocycles. The van der Waals surface area contributed by atoms with Gasteiger partial charge in [0.15, 0.2) is 0 Å². The number of nitrogens with one attached hydrogen (secondary N) is 1. The van der Waals surface area contributed by atoms with E-state index in [1.54, 1.807) is 7.05 Å². The second-order valence-electron chi connectivity index (χ2n) is 3.33. The Balaban J connectivity index is 2.65. The summed E-state index contributed by atoms with van der Waals surface area (Å²) in [6.07, 6.45) is 0. The molecule has 68 valence electrons. The third kappa shape index (κ3) is 1.20. The van der Waals surface area contributed by atoms with Gasteiger partial charge in [-0.15, -0.1) is 0 Å². The molecule has 0 aliphatic carbocycles. The largest absolute Gasteiger partial charge is 0.364 e. The zero-order valence-corrected chi connectivity index (χ0v) is 8.18. The fourth-order valence-electron chi connectivity index (χ4n) is 1.81. The van der Waals surface area contributed by atoms with Crippen LogP contribution in [0.15, 0.2) is 11.1 Å². The number of rotatable bonds is 0. The predicted octanol–water partition coefficient (Wildman–Crippen LogP) is 1.18. The van der Waals surface area contributed by atoms with Gasteiger partial charge in [0.1, 0.15) is 5.84 Å². The van der Waals surface area contributed by atoms with E-state index in [-0.39, 0.29) is 0 Å². The van der Waals surface area contributed by atoms with E-state index in [1.165, 1.54) is 11.1 Å². The Morgan fingerprint density at radius 1 is 1.46 bits per heavy atom. The number of nitrogens with zero attached hydrogens (tertiary/aromatic N) is 2. The van der Waals surface area contributed by atoms with Crippen molar-refractivity contribution in [2.24, 2.45) is 4.99 Å². The minimum Gasteiger partial charge on any atom is -0.364 e. The van der Waals surface area contributed by atoms with Crippen molar-refractivity contribution in [3.63, 3.8) is 0 Å². The Labute approximate surface area is 77.9 Å². The van der Waals surface area contributed by atoms with Crippen LogP contribution in [0.1, 0.15) is 22.5 Å². The van der Waals surface area contributed by atoms with Gasteiger partial charge in [-0.05, 0) is 25.5 Å². The molecule has 3 heteroatoms. The van der Waals surface area contributed by atoms with Crippen molar-refractivity contribution in [2.75, 3.05) is 7.05 Å². The van der Waals surface area contributed by atoms with Gasteiger partial charge in [-0.3, -0.25) is 9.98 Å². The fourth-order valence-corrected chi connectivity index (χ4v) is 1.81. The summed E-state index contributed by atoms with van der Waals surface area (Å²) in [7, 11) is 1.80. The molecule has 1 N–H and O–H groups in total. The van der Waals surface area contributed by atoms with E-state index in [9.17, 15) is 0 Å². The fraction of sp³-hybridized carbons (Fsp3) is 0.400. The molecule has 1 aliphatic heterocycles. The summed E-state index contributed by atoms with van der Waals surface area (Å²) < 4.78 is 0. The lowest BCUT2D eigenvalue weighted by atomic mass is 10.1. The molecule has 13 heavy (non-hydrogen) atoms. The van der Waals surface area contributed by atoms with Crippen LogP contribution in [0.4, 0.5) is 0 Å². The van der Waals surface area contributed by atoms with Crippen LogP contribution < -0.4 is 5.32 Å². The van der Waals surface area contributed by atoms with Crippen LogP contribution in [0.25, 0.3) is 0 Å². The Bertz CT molecular complexity index is 380. The molecule has 0 saturated heterocycles. The first-order chi connectivity index (χ1) is 6.22. The number of fused-ring (bicyclic) bond motifs is 1. The topological polar surface area (TPSA) is 37.3 Å². The second kappa shape index (κ2) is 2.83. The molecule has 1 aromatic rings. The molecule has 0 atom stereocenters. The van der Waals surface area contributed by atoms with E-state index < -0.39 is 0 Å². The lowest BCUT2D eigenvalue weighted by Gasteiger charge is -2.03. The maximum Gasteiger partial charge on any atom is 0.130 e. The molecule has 0 spiro atoms. The van der Waals surface area contributed by atoms with Gasteiger partial charge in [0, 0.05) is 18.3 Å². The first-order valence-corrected chi connectivity index (χ1v) is 4.40. The standard InChI is InChI=1S/C10H13N3/c1-6-4-7(2)13-8-5-12-10(11-3)9(6)8/h4H,5H2,1-3H3,(H,11,12). The zero-order valence-electron chi connectivity index (χ0n) is 8.18. The number of amidine groups is 1. The summed E-state index contributed by atoms with van der Waals surface area (Å²) in [5.41, 5.74) is 4.65. The summed E-state index contributed by atoms with van der Waals surface area (Å²) in [5, 5.41) is 3.23. The first-order valence-electron chi connectivity index (χ1n) is 4.40. The lowest BCUT2D eigenvalue weighted by Crippen LogP contribution is -2.14. The smallest absolute Gasteiger partial charge is 0.130 e. The van der Waals surface area contributed by atoms with Crippen molar-refractivity contribution in [1.29, 1.82) is 0 Å². The molecule has 0 aromatic carbocycles. The highest BCUT2D eigenvalue weighted by molar-refractivity contribution is 6.03. The van der Waals surface area contributed by atoms with Gasteiger partial charge >= 0.3 is 0 Å². The molecule has 1 aliphatic rings. The van der Waals surface area contributed by atoms with Crippen molar-refractivity contribution >= 4 is 5.84 Å². The average Bonchev–Trinajstić information content (AvgIpc) is 2.47. The minimum absolute atomic E-state index is 0.810. The second-order valence-corrected chi connectivity index (χ2v) is 3.33. The van der Waals surface area contributed by atoms with Crippen LogP contribution >= 0.6 is 0 Å². The predicted molar refractivity (Wildman–Crippen MR) is 53.0 cm³/mol. The number of aliphatic imine (C=N–C) groups is 1. The molecule has 0 saturated carbocycles. The zero-order chi connectivity index (χ0) is 9.42. The number of hydrogen-bond acceptors (Lipinski definition) is 2. The van der Waals surface area contributed by atoms with E-state index in [0.717, 1.165) is 23.8 Å². The third-order valence-electron chi connectivity index (χ3n) is 2.30. The van der Waals surface area contributed by atoms with E-state index in [4.69, 9.17) is 0 Å². The normalized spacial score (nSPS) is 17.3. The summed E-state index contributed by atoms with van der Waals surface area (Å²) in [4.78, 5) is 8.65. The van der Waals surface area contributed by atoms with E-state index >= 15 is 0 Å². The van der Waals surface area contributed by atoms with Crippen LogP contribution in [0.3, 0.4) is 0 Å². The van der Waals surface area contributed by atoms with Gasteiger partial charge in [-0.25, -0.2) is 0 Å². The van der Waals surface area contributed by atoms with Crippen molar-refractivity contribution in [1.82, 2.24) is 10.3 Å². The van der Waals surface area contributed by atoms with Crippen molar-refractivity contribution < 1.29 is 0 Å². The molecule has 0 amide bonds. The van der Waals surface area contributed by atoms with Gasteiger partial charge < -0.3 is 5.32 Å². The van der Waals surface area contributed by atoms with Crippen molar-refractivity contribution in [2.45, 2.75) is 20.4 Å². The molecular weight excluding hydrogens is 162 g/mol. The number of aryl methyl sites for hydroxylation is 2. The Hall–Kier alpha value is -1.38. The minimum atomic E-state index is 0.810. The summed E-state index contributed by atoms with van der Waals surface area (Å²) in [6.45, 7) is 4.94. The molecule has 3 nitrogen and oxygen atoms in total. The Morgan fingerprint density at radius 3 is 2.92 bits per heavy atom. The van der Waals surface area contributed by atoms with E-state index in [2.05, 4.69) is 28.3 Å². The molecular formula is C10H13N3. The van der Waals surface area contributed by atoms with Crippen molar-refractivity contribution in [3.8, 4) is 0 Å². The molecule has 0 radical (unpaired) electrons. The lowest BCUT2D eigenvalue weighted by molar-refractivity contribution is 0.909.